The fourth-order valence-corrected chi connectivity index (χ4v) is 1.80. The van der Waals surface area contributed by atoms with Crippen molar-refractivity contribution < 1.29 is 9.13 Å². The summed E-state index contributed by atoms with van der Waals surface area (Å²) in [6.07, 6.45) is -0.0365. The second-order valence-electron chi connectivity index (χ2n) is 4.42. The maximum Gasteiger partial charge on any atom is 0.123 e. The van der Waals surface area contributed by atoms with Crippen molar-refractivity contribution in [3.05, 3.63) is 35.6 Å². The van der Waals surface area contributed by atoms with Gasteiger partial charge in [0, 0.05) is 5.33 Å². The van der Waals surface area contributed by atoms with Crippen LogP contribution in [0.1, 0.15) is 32.4 Å². The van der Waals surface area contributed by atoms with E-state index in [4.69, 9.17) is 4.74 Å². The number of ether oxygens (including phenoxy) is 1. The summed E-state index contributed by atoms with van der Waals surface area (Å²) in [5.41, 5.74) is 0.788. The summed E-state index contributed by atoms with van der Waals surface area (Å²) in [4.78, 5) is 0. The molecular weight excluding hydrogens is 259 g/mol. The third-order valence-corrected chi connectivity index (χ3v) is 2.47. The van der Waals surface area contributed by atoms with Gasteiger partial charge in [-0.3, -0.25) is 0 Å². The highest BCUT2D eigenvalue weighted by Crippen LogP contribution is 2.25. The van der Waals surface area contributed by atoms with Crippen molar-refractivity contribution in [1.29, 1.82) is 0 Å². The molecule has 1 nitrogen and oxygen atoms in total. The fraction of sp³-hybridized carbons (Fsp3) is 0.500. The van der Waals surface area contributed by atoms with Gasteiger partial charge in [0.25, 0.3) is 0 Å². The Morgan fingerprint density at radius 1 is 1.27 bits per heavy atom. The number of alkyl halides is 1. The smallest absolute Gasteiger partial charge is 0.123 e. The van der Waals surface area contributed by atoms with Gasteiger partial charge in [-0.25, -0.2) is 4.39 Å². The average molecular weight is 275 g/mol. The summed E-state index contributed by atoms with van der Waals surface area (Å²) in [5.74, 6) is -0.220. The summed E-state index contributed by atoms with van der Waals surface area (Å²) in [7, 11) is 0. The van der Waals surface area contributed by atoms with Crippen molar-refractivity contribution in [3.63, 3.8) is 0 Å². The first-order chi connectivity index (χ1) is 6.92. The molecule has 1 aromatic rings. The van der Waals surface area contributed by atoms with Gasteiger partial charge in [0.1, 0.15) is 5.82 Å². The third-order valence-electron chi connectivity index (χ3n) is 1.88. The Labute approximate surface area is 98.8 Å². The average Bonchev–Trinajstić information content (AvgIpc) is 2.14. The Balaban J connectivity index is 2.79. The summed E-state index contributed by atoms with van der Waals surface area (Å²) >= 11 is 3.40. The molecule has 3 heteroatoms. The largest absolute Gasteiger partial charge is 0.367 e. The first-order valence-corrected chi connectivity index (χ1v) is 6.04. The van der Waals surface area contributed by atoms with E-state index in [0.29, 0.717) is 5.33 Å². The van der Waals surface area contributed by atoms with E-state index in [1.165, 1.54) is 12.1 Å². The van der Waals surface area contributed by atoms with Gasteiger partial charge >= 0.3 is 0 Å². The van der Waals surface area contributed by atoms with Crippen LogP contribution >= 0.6 is 15.9 Å². The van der Waals surface area contributed by atoms with Crippen LogP contribution in [0.3, 0.4) is 0 Å². The SMILES string of the molecule is CC(C)(C)OC(CBr)c1ccc(F)cc1. The number of benzene rings is 1. The zero-order chi connectivity index (χ0) is 11.5. The van der Waals surface area contributed by atoms with Crippen LogP contribution in [0.2, 0.25) is 0 Å². The monoisotopic (exact) mass is 274 g/mol. The lowest BCUT2D eigenvalue weighted by molar-refractivity contribution is -0.0501. The molecule has 0 aliphatic carbocycles. The normalized spacial score (nSPS) is 13.9. The predicted octanol–water partition coefficient (Wildman–Crippen LogP) is 4.08. The van der Waals surface area contributed by atoms with Gasteiger partial charge in [-0.15, -0.1) is 0 Å². The molecule has 0 aromatic heterocycles. The van der Waals surface area contributed by atoms with E-state index in [1.807, 2.05) is 20.8 Å². The Hall–Kier alpha value is -0.410. The van der Waals surface area contributed by atoms with Crippen LogP contribution in [0.15, 0.2) is 24.3 Å². The van der Waals surface area contributed by atoms with Gasteiger partial charge in [0.05, 0.1) is 11.7 Å². The molecule has 0 heterocycles. The van der Waals surface area contributed by atoms with Crippen LogP contribution in [0.4, 0.5) is 4.39 Å². The van der Waals surface area contributed by atoms with E-state index in [0.717, 1.165) is 5.56 Å². The second kappa shape index (κ2) is 5.08. The Kier molecular flexibility index (Phi) is 4.29. The van der Waals surface area contributed by atoms with Gasteiger partial charge < -0.3 is 4.74 Å². The first-order valence-electron chi connectivity index (χ1n) is 4.91. The molecule has 1 aromatic carbocycles. The molecule has 0 aliphatic heterocycles. The topological polar surface area (TPSA) is 9.23 Å². The lowest BCUT2D eigenvalue weighted by atomic mass is 10.1. The highest BCUT2D eigenvalue weighted by atomic mass is 79.9. The molecule has 0 N–H and O–H groups in total. The molecule has 0 amide bonds. The zero-order valence-electron chi connectivity index (χ0n) is 9.26. The van der Waals surface area contributed by atoms with Gasteiger partial charge in [0.15, 0.2) is 0 Å². The maximum atomic E-state index is 12.7. The van der Waals surface area contributed by atoms with Crippen molar-refractivity contribution >= 4 is 15.9 Å². The van der Waals surface area contributed by atoms with Crippen molar-refractivity contribution in [2.24, 2.45) is 0 Å². The summed E-state index contributed by atoms with van der Waals surface area (Å²) in [5, 5.41) is 0.704. The fourth-order valence-electron chi connectivity index (χ4n) is 1.29. The Morgan fingerprint density at radius 2 is 1.80 bits per heavy atom. The Morgan fingerprint density at radius 3 is 2.20 bits per heavy atom. The minimum Gasteiger partial charge on any atom is -0.367 e. The molecule has 0 spiro atoms. The standard InChI is InChI=1S/C12H16BrFO/c1-12(2,3)15-11(8-13)9-4-6-10(14)7-5-9/h4-7,11H,8H2,1-3H3. The number of hydrogen-bond donors (Lipinski definition) is 0. The van der Waals surface area contributed by atoms with Crippen LogP contribution in [0.25, 0.3) is 0 Å². The lowest BCUT2D eigenvalue weighted by Gasteiger charge is -2.26. The van der Waals surface area contributed by atoms with Crippen LogP contribution in [-0.4, -0.2) is 10.9 Å². The molecule has 84 valence electrons. The molecule has 0 saturated carbocycles. The second-order valence-corrected chi connectivity index (χ2v) is 5.07. The molecule has 15 heavy (non-hydrogen) atoms. The van der Waals surface area contributed by atoms with E-state index in [-0.39, 0.29) is 17.5 Å². The van der Waals surface area contributed by atoms with Crippen LogP contribution in [-0.2, 0) is 4.74 Å². The Bertz CT molecular complexity index is 302. The van der Waals surface area contributed by atoms with Crippen LogP contribution < -0.4 is 0 Å². The van der Waals surface area contributed by atoms with Crippen molar-refractivity contribution in [3.8, 4) is 0 Å². The predicted molar refractivity (Wildman–Crippen MR) is 63.8 cm³/mol. The molecule has 0 bridgehead atoms. The van der Waals surface area contributed by atoms with Crippen LogP contribution in [0, 0.1) is 5.82 Å². The number of rotatable bonds is 3. The van der Waals surface area contributed by atoms with Gasteiger partial charge in [-0.2, -0.15) is 0 Å². The summed E-state index contributed by atoms with van der Waals surface area (Å²) < 4.78 is 18.6. The van der Waals surface area contributed by atoms with E-state index in [2.05, 4.69) is 15.9 Å². The molecule has 1 unspecified atom stereocenters. The minimum absolute atomic E-state index is 0.0365. The van der Waals surface area contributed by atoms with E-state index < -0.39 is 0 Å². The van der Waals surface area contributed by atoms with E-state index in [1.54, 1.807) is 12.1 Å². The highest BCUT2D eigenvalue weighted by molar-refractivity contribution is 9.09. The molecule has 0 aliphatic rings. The zero-order valence-corrected chi connectivity index (χ0v) is 10.8. The van der Waals surface area contributed by atoms with Gasteiger partial charge in [-0.05, 0) is 38.5 Å². The molecule has 0 radical (unpaired) electrons. The minimum atomic E-state index is -0.220. The molecule has 1 atom stereocenters. The van der Waals surface area contributed by atoms with Gasteiger partial charge in [-0.1, -0.05) is 28.1 Å². The maximum absolute atomic E-state index is 12.7. The first kappa shape index (κ1) is 12.7. The van der Waals surface area contributed by atoms with Crippen molar-refractivity contribution in [2.75, 3.05) is 5.33 Å². The van der Waals surface area contributed by atoms with E-state index >= 15 is 0 Å². The summed E-state index contributed by atoms with van der Waals surface area (Å²) in [6, 6.07) is 6.42. The summed E-state index contributed by atoms with van der Waals surface area (Å²) in [6.45, 7) is 6.02. The lowest BCUT2D eigenvalue weighted by Crippen LogP contribution is -2.23. The molecule has 0 saturated heterocycles. The van der Waals surface area contributed by atoms with Crippen molar-refractivity contribution in [1.82, 2.24) is 0 Å². The number of halogens is 2. The molecule has 0 fully saturated rings. The van der Waals surface area contributed by atoms with Crippen LogP contribution in [0.5, 0.6) is 0 Å². The van der Waals surface area contributed by atoms with E-state index in [9.17, 15) is 4.39 Å². The molecule has 1 rings (SSSR count). The molecular formula is C12H16BrFO. The van der Waals surface area contributed by atoms with Gasteiger partial charge in [0.2, 0.25) is 0 Å². The third kappa shape index (κ3) is 4.31. The highest BCUT2D eigenvalue weighted by Gasteiger charge is 2.19. The van der Waals surface area contributed by atoms with Crippen molar-refractivity contribution in [2.45, 2.75) is 32.5 Å². The quantitative estimate of drug-likeness (QED) is 0.755. The number of hydrogen-bond acceptors (Lipinski definition) is 1.